The summed E-state index contributed by atoms with van der Waals surface area (Å²) in [5, 5.41) is 0. The third kappa shape index (κ3) is 3.19. The summed E-state index contributed by atoms with van der Waals surface area (Å²) in [6.45, 7) is 8.31. The normalized spacial score (nSPS) is 9.94. The van der Waals surface area contributed by atoms with E-state index >= 15 is 0 Å². The van der Waals surface area contributed by atoms with Gasteiger partial charge < -0.3 is 4.90 Å². The molecule has 1 rings (SSSR count). The maximum atomic E-state index is 11.9. The van der Waals surface area contributed by atoms with Crippen molar-refractivity contribution in [3.05, 3.63) is 41.7 Å². The molecule has 0 aliphatic heterocycles. The van der Waals surface area contributed by atoms with E-state index in [4.69, 9.17) is 0 Å². The molecule has 3 heteroatoms. The number of carbonyl (C=O) groups is 1. The molecule has 0 saturated carbocycles. The molecule has 1 aromatic heterocycles. The second kappa shape index (κ2) is 5.45. The minimum absolute atomic E-state index is 0.0156. The van der Waals surface area contributed by atoms with Crippen molar-refractivity contribution in [3.8, 4) is 0 Å². The summed E-state index contributed by atoms with van der Waals surface area (Å²) in [6.07, 6.45) is 2.52. The van der Waals surface area contributed by atoms with Crippen molar-refractivity contribution in [1.82, 2.24) is 9.88 Å². The highest BCUT2D eigenvalue weighted by Gasteiger charge is 2.11. The molecule has 16 heavy (non-hydrogen) atoms. The Kier molecular flexibility index (Phi) is 4.23. The Morgan fingerprint density at radius 2 is 2.19 bits per heavy atom. The molecule has 86 valence electrons. The Hall–Kier alpha value is -1.64. The van der Waals surface area contributed by atoms with Crippen molar-refractivity contribution in [2.45, 2.75) is 20.3 Å². The Bertz CT molecular complexity index is 381. The molecule has 1 heterocycles. The Morgan fingerprint density at radius 1 is 1.50 bits per heavy atom. The molecule has 1 amide bonds. The van der Waals surface area contributed by atoms with Gasteiger partial charge in [-0.2, -0.15) is 0 Å². The number of hydrogen-bond donors (Lipinski definition) is 0. The molecule has 0 aliphatic rings. The van der Waals surface area contributed by atoms with Gasteiger partial charge in [-0.05, 0) is 25.5 Å². The van der Waals surface area contributed by atoms with Gasteiger partial charge in [0.1, 0.15) is 0 Å². The summed E-state index contributed by atoms with van der Waals surface area (Å²) in [5.41, 5.74) is 2.59. The van der Waals surface area contributed by atoms with Gasteiger partial charge in [0.15, 0.2) is 0 Å². The van der Waals surface area contributed by atoms with E-state index in [1.165, 1.54) is 0 Å². The monoisotopic (exact) mass is 218 g/mol. The predicted molar refractivity (Wildman–Crippen MR) is 65.4 cm³/mol. The van der Waals surface area contributed by atoms with Gasteiger partial charge in [-0.15, -0.1) is 0 Å². The molecule has 0 bridgehead atoms. The first-order valence-corrected chi connectivity index (χ1v) is 5.39. The van der Waals surface area contributed by atoms with E-state index in [2.05, 4.69) is 11.6 Å². The maximum absolute atomic E-state index is 11.9. The van der Waals surface area contributed by atoms with Crippen molar-refractivity contribution < 1.29 is 4.79 Å². The zero-order chi connectivity index (χ0) is 12.1. The lowest BCUT2D eigenvalue weighted by Gasteiger charge is -2.16. The molecule has 0 unspecified atom stereocenters. The van der Waals surface area contributed by atoms with Crippen LogP contribution in [0.1, 0.15) is 29.9 Å². The third-order valence-electron chi connectivity index (χ3n) is 2.29. The number of hydrogen-bond acceptors (Lipinski definition) is 2. The van der Waals surface area contributed by atoms with E-state index in [1.54, 1.807) is 18.1 Å². The van der Waals surface area contributed by atoms with Gasteiger partial charge in [0.2, 0.25) is 0 Å². The van der Waals surface area contributed by atoms with Gasteiger partial charge in [0, 0.05) is 25.5 Å². The average Bonchev–Trinajstić information content (AvgIpc) is 2.27. The second-order valence-electron chi connectivity index (χ2n) is 4.01. The summed E-state index contributed by atoms with van der Waals surface area (Å²) >= 11 is 0. The summed E-state index contributed by atoms with van der Waals surface area (Å²) in [6, 6.07) is 3.71. The van der Waals surface area contributed by atoms with Gasteiger partial charge in [-0.3, -0.25) is 9.78 Å². The van der Waals surface area contributed by atoms with Gasteiger partial charge in [0.25, 0.3) is 5.91 Å². The molecule has 0 aliphatic carbocycles. The fourth-order valence-electron chi connectivity index (χ4n) is 1.46. The SMILES string of the molecule is C=C(C)CN(C)C(=O)c1ccc(CC)nc1. The van der Waals surface area contributed by atoms with Crippen LogP contribution in [0.5, 0.6) is 0 Å². The molecule has 0 atom stereocenters. The predicted octanol–water partition coefficient (Wildman–Crippen LogP) is 2.29. The van der Waals surface area contributed by atoms with Crippen LogP contribution in [0.2, 0.25) is 0 Å². The highest BCUT2D eigenvalue weighted by atomic mass is 16.2. The van der Waals surface area contributed by atoms with Crippen LogP contribution >= 0.6 is 0 Å². The minimum Gasteiger partial charge on any atom is -0.338 e. The van der Waals surface area contributed by atoms with E-state index in [9.17, 15) is 4.79 Å². The summed E-state index contributed by atoms with van der Waals surface area (Å²) < 4.78 is 0. The van der Waals surface area contributed by atoms with Crippen LogP contribution in [0.15, 0.2) is 30.5 Å². The molecule has 0 aromatic carbocycles. The topological polar surface area (TPSA) is 33.2 Å². The molecular weight excluding hydrogens is 200 g/mol. The van der Waals surface area contributed by atoms with Crippen LogP contribution in [0.25, 0.3) is 0 Å². The summed E-state index contributed by atoms with van der Waals surface area (Å²) in [4.78, 5) is 17.8. The van der Waals surface area contributed by atoms with Crippen LogP contribution in [-0.2, 0) is 6.42 Å². The van der Waals surface area contributed by atoms with Gasteiger partial charge in [-0.25, -0.2) is 0 Å². The molecule has 1 aromatic rings. The minimum atomic E-state index is -0.0156. The van der Waals surface area contributed by atoms with E-state index in [1.807, 2.05) is 26.0 Å². The van der Waals surface area contributed by atoms with E-state index in [0.29, 0.717) is 12.1 Å². The van der Waals surface area contributed by atoms with Gasteiger partial charge >= 0.3 is 0 Å². The smallest absolute Gasteiger partial charge is 0.255 e. The summed E-state index contributed by atoms with van der Waals surface area (Å²) in [5.74, 6) is -0.0156. The van der Waals surface area contributed by atoms with Gasteiger partial charge in [-0.1, -0.05) is 19.1 Å². The molecule has 0 fully saturated rings. The molecule has 0 radical (unpaired) electrons. The number of aromatic nitrogens is 1. The number of nitrogens with zero attached hydrogens (tertiary/aromatic N) is 2. The van der Waals surface area contributed by atoms with Crippen LogP contribution in [0, 0.1) is 0 Å². The molecular formula is C13H18N2O. The quantitative estimate of drug-likeness (QED) is 0.726. The zero-order valence-electron chi connectivity index (χ0n) is 10.2. The Labute approximate surface area is 96.8 Å². The second-order valence-corrected chi connectivity index (χ2v) is 4.01. The fraction of sp³-hybridized carbons (Fsp3) is 0.385. The lowest BCUT2D eigenvalue weighted by Crippen LogP contribution is -2.28. The lowest BCUT2D eigenvalue weighted by molar-refractivity contribution is 0.0806. The molecule has 3 nitrogen and oxygen atoms in total. The van der Waals surface area contributed by atoms with Crippen molar-refractivity contribution >= 4 is 5.91 Å². The van der Waals surface area contributed by atoms with Crippen LogP contribution < -0.4 is 0 Å². The van der Waals surface area contributed by atoms with Gasteiger partial charge in [0.05, 0.1) is 5.56 Å². The standard InChI is InChI=1S/C13H18N2O/c1-5-12-7-6-11(8-14-12)13(16)15(4)9-10(2)3/h6-8H,2,5,9H2,1,3-4H3. The fourth-order valence-corrected chi connectivity index (χ4v) is 1.46. The molecule has 0 N–H and O–H groups in total. The number of carbonyl (C=O) groups excluding carboxylic acids is 1. The largest absolute Gasteiger partial charge is 0.338 e. The van der Waals surface area contributed by atoms with Crippen LogP contribution in [0.4, 0.5) is 0 Å². The Morgan fingerprint density at radius 3 is 2.62 bits per heavy atom. The molecule has 0 saturated heterocycles. The third-order valence-corrected chi connectivity index (χ3v) is 2.29. The van der Waals surface area contributed by atoms with Crippen LogP contribution in [-0.4, -0.2) is 29.4 Å². The number of aryl methyl sites for hydroxylation is 1. The van der Waals surface area contributed by atoms with Crippen LogP contribution in [0.3, 0.4) is 0 Å². The average molecular weight is 218 g/mol. The van der Waals surface area contributed by atoms with E-state index in [-0.39, 0.29) is 5.91 Å². The van der Waals surface area contributed by atoms with E-state index < -0.39 is 0 Å². The van der Waals surface area contributed by atoms with Crippen molar-refractivity contribution in [2.75, 3.05) is 13.6 Å². The van der Waals surface area contributed by atoms with E-state index in [0.717, 1.165) is 17.7 Å². The zero-order valence-corrected chi connectivity index (χ0v) is 10.2. The highest BCUT2D eigenvalue weighted by Crippen LogP contribution is 2.05. The van der Waals surface area contributed by atoms with Crippen molar-refractivity contribution in [1.29, 1.82) is 0 Å². The number of amides is 1. The first-order valence-electron chi connectivity index (χ1n) is 5.39. The Balaban J connectivity index is 2.75. The first-order chi connectivity index (χ1) is 7.54. The lowest BCUT2D eigenvalue weighted by atomic mass is 10.2. The number of rotatable bonds is 4. The number of pyridine rings is 1. The first kappa shape index (κ1) is 12.4. The van der Waals surface area contributed by atoms with Crippen molar-refractivity contribution in [3.63, 3.8) is 0 Å². The molecule has 0 spiro atoms. The highest BCUT2D eigenvalue weighted by molar-refractivity contribution is 5.93. The summed E-state index contributed by atoms with van der Waals surface area (Å²) in [7, 11) is 1.77. The van der Waals surface area contributed by atoms with Crippen molar-refractivity contribution in [2.24, 2.45) is 0 Å². The number of likely N-dealkylation sites (N-methyl/N-ethyl adjacent to an activating group) is 1. The maximum Gasteiger partial charge on any atom is 0.255 e.